The second-order valence-electron chi connectivity index (χ2n) is 9.85. The van der Waals surface area contributed by atoms with Crippen LogP contribution in [0.2, 0.25) is 0 Å². The maximum Gasteiger partial charge on any atom is 0.416 e. The number of ether oxygens (including phenoxy) is 1. The van der Waals surface area contributed by atoms with E-state index in [1.807, 2.05) is 17.0 Å². The average molecular weight is 473 g/mol. The Labute approximate surface area is 196 Å². The van der Waals surface area contributed by atoms with Gasteiger partial charge in [0.1, 0.15) is 6.04 Å². The second kappa shape index (κ2) is 8.03. The number of amides is 1. The fourth-order valence-electron chi connectivity index (χ4n) is 5.13. The third-order valence-electron chi connectivity index (χ3n) is 7.64. The van der Waals surface area contributed by atoms with Crippen molar-refractivity contribution in [1.29, 1.82) is 0 Å². The SMILES string of the molecule is COC(=O)c1ccc(C2(NC(=O)C3CC4(CCN3c3ccc(C(F)(F)F)cc3)CC4)CC2)cc1. The van der Waals surface area contributed by atoms with Crippen LogP contribution in [-0.4, -0.2) is 31.6 Å². The summed E-state index contributed by atoms with van der Waals surface area (Å²) in [6.07, 6.45) is 1.05. The molecule has 180 valence electrons. The summed E-state index contributed by atoms with van der Waals surface area (Å²) < 4.78 is 43.8. The van der Waals surface area contributed by atoms with E-state index >= 15 is 0 Å². The standard InChI is InChI=1S/C26H27F3N2O3/c1-34-23(33)17-2-4-18(5-3-17)25(12-13-25)30-22(32)21-16-24(10-11-24)14-15-31(21)20-8-6-19(7-9-20)26(27,28)29/h2-9,21H,10-16H2,1H3,(H,30,32). The van der Waals surface area contributed by atoms with Crippen LogP contribution in [0.4, 0.5) is 18.9 Å². The molecule has 0 aromatic heterocycles. The van der Waals surface area contributed by atoms with Crippen molar-refractivity contribution in [3.05, 3.63) is 65.2 Å². The van der Waals surface area contributed by atoms with E-state index in [9.17, 15) is 22.8 Å². The zero-order valence-corrected chi connectivity index (χ0v) is 19.0. The molecule has 2 aromatic rings. The lowest BCUT2D eigenvalue weighted by Gasteiger charge is -2.41. The van der Waals surface area contributed by atoms with Crippen molar-refractivity contribution in [1.82, 2.24) is 5.32 Å². The molecule has 1 amide bonds. The van der Waals surface area contributed by atoms with Gasteiger partial charge in [0, 0.05) is 12.2 Å². The maximum absolute atomic E-state index is 13.6. The summed E-state index contributed by atoms with van der Waals surface area (Å²) in [5, 5.41) is 3.24. The van der Waals surface area contributed by atoms with Crippen LogP contribution in [0.15, 0.2) is 48.5 Å². The van der Waals surface area contributed by atoms with Crippen molar-refractivity contribution in [3.63, 3.8) is 0 Å². The summed E-state index contributed by atoms with van der Waals surface area (Å²) in [6, 6.07) is 11.7. The first-order chi connectivity index (χ1) is 16.1. The highest BCUT2D eigenvalue weighted by Gasteiger charge is 2.52. The first-order valence-corrected chi connectivity index (χ1v) is 11.6. The number of methoxy groups -OCH3 is 1. The van der Waals surface area contributed by atoms with Gasteiger partial charge in [0.05, 0.1) is 23.8 Å². The number of alkyl halides is 3. The summed E-state index contributed by atoms with van der Waals surface area (Å²) in [7, 11) is 1.33. The van der Waals surface area contributed by atoms with Gasteiger partial charge >= 0.3 is 12.1 Å². The molecule has 1 saturated heterocycles. The summed E-state index contributed by atoms with van der Waals surface area (Å²) in [4.78, 5) is 27.2. The molecule has 5 nitrogen and oxygen atoms in total. The van der Waals surface area contributed by atoms with Gasteiger partial charge in [-0.1, -0.05) is 12.1 Å². The third-order valence-corrected chi connectivity index (χ3v) is 7.64. The molecular weight excluding hydrogens is 445 g/mol. The largest absolute Gasteiger partial charge is 0.465 e. The minimum atomic E-state index is -4.39. The molecule has 1 heterocycles. The van der Waals surface area contributed by atoms with E-state index in [1.165, 1.54) is 19.2 Å². The van der Waals surface area contributed by atoms with Gasteiger partial charge in [-0.3, -0.25) is 4.79 Å². The average Bonchev–Trinajstić information content (AvgIpc) is 3.77. The quantitative estimate of drug-likeness (QED) is 0.619. The first-order valence-electron chi connectivity index (χ1n) is 11.6. The van der Waals surface area contributed by atoms with Crippen LogP contribution in [-0.2, 0) is 21.2 Å². The number of rotatable bonds is 5. The van der Waals surface area contributed by atoms with Crippen molar-refractivity contribution in [2.24, 2.45) is 5.41 Å². The topological polar surface area (TPSA) is 58.6 Å². The Morgan fingerprint density at radius 2 is 1.62 bits per heavy atom. The number of hydrogen-bond donors (Lipinski definition) is 1. The monoisotopic (exact) mass is 472 g/mol. The van der Waals surface area contributed by atoms with Crippen molar-refractivity contribution in [3.8, 4) is 0 Å². The predicted octanol–water partition coefficient (Wildman–Crippen LogP) is 5.05. The lowest BCUT2D eigenvalue weighted by atomic mass is 9.86. The van der Waals surface area contributed by atoms with E-state index in [0.717, 1.165) is 49.8 Å². The van der Waals surface area contributed by atoms with Crippen molar-refractivity contribution < 1.29 is 27.5 Å². The Hall–Kier alpha value is -3.03. The number of carbonyl (C=O) groups excluding carboxylic acids is 2. The molecule has 3 fully saturated rings. The Morgan fingerprint density at radius 3 is 2.15 bits per heavy atom. The number of esters is 1. The molecular formula is C26H27F3N2O3. The van der Waals surface area contributed by atoms with Gasteiger partial charge in [-0.25, -0.2) is 4.79 Å². The molecule has 1 aliphatic heterocycles. The number of anilines is 1. The highest BCUT2D eigenvalue weighted by atomic mass is 19.4. The molecule has 1 spiro atoms. The summed E-state index contributed by atoms with van der Waals surface area (Å²) in [5.41, 5.74) is 1.04. The molecule has 3 aliphatic rings. The van der Waals surface area contributed by atoms with Crippen LogP contribution in [0.1, 0.15) is 60.0 Å². The van der Waals surface area contributed by atoms with Gasteiger partial charge < -0.3 is 15.0 Å². The zero-order chi connectivity index (χ0) is 24.1. The van der Waals surface area contributed by atoms with Crippen LogP contribution < -0.4 is 10.2 Å². The molecule has 2 aromatic carbocycles. The number of piperidine rings is 1. The molecule has 1 atom stereocenters. The van der Waals surface area contributed by atoms with Gasteiger partial charge in [-0.2, -0.15) is 13.2 Å². The second-order valence-corrected chi connectivity index (χ2v) is 9.85. The van der Waals surface area contributed by atoms with E-state index in [-0.39, 0.29) is 11.3 Å². The molecule has 0 radical (unpaired) electrons. The van der Waals surface area contributed by atoms with E-state index in [1.54, 1.807) is 12.1 Å². The number of nitrogens with zero attached hydrogens (tertiary/aromatic N) is 1. The maximum atomic E-state index is 13.6. The Kier molecular flexibility index (Phi) is 5.37. The van der Waals surface area contributed by atoms with Gasteiger partial charge in [-0.15, -0.1) is 0 Å². The first kappa shape index (κ1) is 22.7. The Bertz CT molecular complexity index is 1090. The smallest absolute Gasteiger partial charge is 0.416 e. The fraction of sp³-hybridized carbons (Fsp3) is 0.462. The molecule has 0 bridgehead atoms. The zero-order valence-electron chi connectivity index (χ0n) is 19.0. The van der Waals surface area contributed by atoms with Gasteiger partial charge in [0.15, 0.2) is 0 Å². The molecule has 5 rings (SSSR count). The van der Waals surface area contributed by atoms with Crippen molar-refractivity contribution in [2.75, 3.05) is 18.6 Å². The van der Waals surface area contributed by atoms with E-state index in [4.69, 9.17) is 4.74 Å². The highest BCUT2D eigenvalue weighted by Crippen LogP contribution is 2.56. The Morgan fingerprint density at radius 1 is 0.971 bits per heavy atom. The number of benzene rings is 2. The molecule has 34 heavy (non-hydrogen) atoms. The number of halogens is 3. The van der Waals surface area contributed by atoms with Crippen molar-refractivity contribution in [2.45, 2.75) is 56.3 Å². The summed E-state index contributed by atoms with van der Waals surface area (Å²) in [6.45, 7) is 0.643. The molecule has 2 aliphatic carbocycles. The number of carbonyl (C=O) groups is 2. The van der Waals surface area contributed by atoms with Crippen molar-refractivity contribution >= 4 is 17.6 Å². The van der Waals surface area contributed by atoms with Gasteiger partial charge in [0.25, 0.3) is 0 Å². The van der Waals surface area contributed by atoms with Crippen LogP contribution in [0.3, 0.4) is 0 Å². The predicted molar refractivity (Wildman–Crippen MR) is 120 cm³/mol. The number of nitrogens with one attached hydrogen (secondary N) is 1. The third kappa shape index (κ3) is 4.26. The van der Waals surface area contributed by atoms with E-state index < -0.39 is 29.3 Å². The van der Waals surface area contributed by atoms with E-state index in [2.05, 4.69) is 5.32 Å². The number of hydrogen-bond acceptors (Lipinski definition) is 4. The molecule has 8 heteroatoms. The molecule has 2 saturated carbocycles. The molecule has 1 N–H and O–H groups in total. The minimum Gasteiger partial charge on any atom is -0.465 e. The van der Waals surface area contributed by atoms with E-state index in [0.29, 0.717) is 24.2 Å². The fourth-order valence-corrected chi connectivity index (χ4v) is 5.13. The van der Waals surface area contributed by atoms with Gasteiger partial charge in [-0.05, 0) is 85.9 Å². The summed E-state index contributed by atoms with van der Waals surface area (Å²) in [5.74, 6) is -0.509. The highest BCUT2D eigenvalue weighted by molar-refractivity contribution is 5.89. The normalized spacial score (nSPS) is 22.2. The van der Waals surface area contributed by atoms with Gasteiger partial charge in [0.2, 0.25) is 5.91 Å². The Balaban J connectivity index is 1.35. The van der Waals surface area contributed by atoms with Crippen LogP contribution in [0, 0.1) is 5.41 Å². The van der Waals surface area contributed by atoms with Crippen LogP contribution >= 0.6 is 0 Å². The van der Waals surface area contributed by atoms with Crippen LogP contribution in [0.5, 0.6) is 0 Å². The molecule has 1 unspecified atom stereocenters. The lowest BCUT2D eigenvalue weighted by Crippen LogP contribution is -2.54. The summed E-state index contributed by atoms with van der Waals surface area (Å²) >= 11 is 0. The minimum absolute atomic E-state index is 0.0968. The lowest BCUT2D eigenvalue weighted by molar-refractivity contribution is -0.137. The van der Waals surface area contributed by atoms with Crippen LogP contribution in [0.25, 0.3) is 0 Å².